The second kappa shape index (κ2) is 4.90. The summed E-state index contributed by atoms with van der Waals surface area (Å²) < 4.78 is 22.6. The summed E-state index contributed by atoms with van der Waals surface area (Å²) in [6.45, 7) is 2.04. The molecule has 0 bridgehead atoms. The molecule has 0 spiro atoms. The number of aromatic nitrogens is 1. The molecule has 0 aliphatic carbocycles. The van der Waals surface area contributed by atoms with Crippen LogP contribution in [0.3, 0.4) is 0 Å². The lowest BCUT2D eigenvalue weighted by molar-refractivity contribution is 0.601. The van der Waals surface area contributed by atoms with Crippen LogP contribution in [0.1, 0.15) is 16.8 Å². The first-order valence-electron chi connectivity index (χ1n) is 5.66. The Labute approximate surface area is 107 Å². The van der Waals surface area contributed by atoms with Crippen LogP contribution < -0.4 is 0 Å². The summed E-state index contributed by atoms with van der Waals surface area (Å²) in [7, 11) is -3.16. The molecular weight excluding hydrogens is 246 g/mol. The maximum Gasteiger partial charge on any atom is 0.177 e. The fourth-order valence-electron chi connectivity index (χ4n) is 1.65. The van der Waals surface area contributed by atoms with Crippen LogP contribution >= 0.6 is 0 Å². The molecule has 0 aliphatic heterocycles. The van der Waals surface area contributed by atoms with Crippen molar-refractivity contribution in [3.8, 4) is 0 Å². The quantitative estimate of drug-likeness (QED) is 0.852. The molecule has 0 saturated carbocycles. The van der Waals surface area contributed by atoms with Gasteiger partial charge in [0, 0.05) is 24.6 Å². The van der Waals surface area contributed by atoms with E-state index in [9.17, 15) is 8.42 Å². The van der Waals surface area contributed by atoms with Gasteiger partial charge in [-0.15, -0.1) is 0 Å². The summed E-state index contributed by atoms with van der Waals surface area (Å²) in [6.07, 6.45) is 3.31. The van der Waals surface area contributed by atoms with Gasteiger partial charge in [0.2, 0.25) is 0 Å². The summed E-state index contributed by atoms with van der Waals surface area (Å²) >= 11 is 0. The second-order valence-electron chi connectivity index (χ2n) is 4.42. The SMILES string of the molecule is Cc1ccc(Cc2ccc(S(C)(=O)=O)cn2)cc1. The van der Waals surface area contributed by atoms with Crippen LogP contribution in [0.25, 0.3) is 0 Å². The number of nitrogens with zero attached hydrogens (tertiary/aromatic N) is 1. The molecule has 4 heteroatoms. The third-order valence-electron chi connectivity index (χ3n) is 2.73. The summed E-state index contributed by atoms with van der Waals surface area (Å²) in [4.78, 5) is 4.44. The van der Waals surface area contributed by atoms with Crippen LogP contribution in [0, 0.1) is 6.92 Å². The van der Waals surface area contributed by atoms with E-state index in [0.29, 0.717) is 6.42 Å². The second-order valence-corrected chi connectivity index (χ2v) is 6.44. The van der Waals surface area contributed by atoms with Crippen LogP contribution in [0.4, 0.5) is 0 Å². The molecule has 3 nitrogen and oxygen atoms in total. The number of hydrogen-bond acceptors (Lipinski definition) is 3. The standard InChI is InChI=1S/C14H15NO2S/c1-11-3-5-12(6-4-11)9-13-7-8-14(10-15-13)18(2,16)17/h3-8,10H,9H2,1-2H3. The lowest BCUT2D eigenvalue weighted by Gasteiger charge is -2.03. The van der Waals surface area contributed by atoms with Gasteiger partial charge in [-0.05, 0) is 24.6 Å². The average molecular weight is 261 g/mol. The molecule has 0 unspecified atom stereocenters. The first kappa shape index (κ1) is 12.8. The molecule has 0 fully saturated rings. The summed E-state index contributed by atoms with van der Waals surface area (Å²) in [5.41, 5.74) is 3.26. The number of sulfone groups is 1. The van der Waals surface area contributed by atoms with E-state index in [1.165, 1.54) is 23.6 Å². The van der Waals surface area contributed by atoms with Gasteiger partial charge >= 0.3 is 0 Å². The van der Waals surface area contributed by atoms with E-state index in [1.54, 1.807) is 12.1 Å². The van der Waals surface area contributed by atoms with E-state index in [-0.39, 0.29) is 4.90 Å². The van der Waals surface area contributed by atoms with Crippen molar-refractivity contribution in [2.45, 2.75) is 18.2 Å². The predicted molar refractivity (Wildman–Crippen MR) is 71.3 cm³/mol. The summed E-state index contributed by atoms with van der Waals surface area (Å²) in [6, 6.07) is 11.6. The van der Waals surface area contributed by atoms with Crippen molar-refractivity contribution >= 4 is 9.84 Å². The number of rotatable bonds is 3. The van der Waals surface area contributed by atoms with Crippen molar-refractivity contribution in [2.24, 2.45) is 0 Å². The van der Waals surface area contributed by atoms with E-state index in [4.69, 9.17) is 0 Å². The summed E-state index contributed by atoms with van der Waals surface area (Å²) in [5.74, 6) is 0. The topological polar surface area (TPSA) is 47.0 Å². The number of pyridine rings is 1. The van der Waals surface area contributed by atoms with Gasteiger partial charge in [0.05, 0.1) is 4.90 Å². The van der Waals surface area contributed by atoms with E-state index < -0.39 is 9.84 Å². The van der Waals surface area contributed by atoms with Crippen molar-refractivity contribution in [3.05, 3.63) is 59.4 Å². The number of benzene rings is 1. The molecule has 0 amide bonds. The van der Waals surface area contributed by atoms with Crippen molar-refractivity contribution in [3.63, 3.8) is 0 Å². The Morgan fingerprint density at radius 1 is 1.06 bits per heavy atom. The van der Waals surface area contributed by atoms with Gasteiger partial charge in [-0.2, -0.15) is 0 Å². The highest BCUT2D eigenvalue weighted by Crippen LogP contribution is 2.11. The molecule has 0 radical (unpaired) electrons. The monoisotopic (exact) mass is 261 g/mol. The van der Waals surface area contributed by atoms with Crippen LogP contribution in [0.15, 0.2) is 47.5 Å². The van der Waals surface area contributed by atoms with Gasteiger partial charge in [-0.25, -0.2) is 8.42 Å². The first-order chi connectivity index (χ1) is 8.45. The van der Waals surface area contributed by atoms with E-state index in [1.807, 2.05) is 6.92 Å². The molecule has 1 aromatic heterocycles. The van der Waals surface area contributed by atoms with Gasteiger partial charge in [-0.3, -0.25) is 4.98 Å². The molecule has 2 rings (SSSR count). The van der Waals surface area contributed by atoms with Gasteiger partial charge in [-0.1, -0.05) is 29.8 Å². The maximum absolute atomic E-state index is 11.3. The van der Waals surface area contributed by atoms with Crippen LogP contribution in [0.2, 0.25) is 0 Å². The minimum Gasteiger partial charge on any atom is -0.260 e. The highest BCUT2D eigenvalue weighted by Gasteiger charge is 2.07. The van der Waals surface area contributed by atoms with E-state index in [2.05, 4.69) is 29.2 Å². The molecule has 0 N–H and O–H groups in total. The van der Waals surface area contributed by atoms with Crippen molar-refractivity contribution in [1.82, 2.24) is 4.98 Å². The van der Waals surface area contributed by atoms with E-state index >= 15 is 0 Å². The van der Waals surface area contributed by atoms with Crippen molar-refractivity contribution in [2.75, 3.05) is 6.26 Å². The smallest absolute Gasteiger partial charge is 0.177 e. The molecular formula is C14H15NO2S. The Bertz CT molecular complexity index is 628. The Morgan fingerprint density at radius 3 is 2.22 bits per heavy atom. The number of aryl methyl sites for hydroxylation is 1. The fourth-order valence-corrected chi connectivity index (χ4v) is 2.21. The fraction of sp³-hybridized carbons (Fsp3) is 0.214. The minimum absolute atomic E-state index is 0.259. The van der Waals surface area contributed by atoms with Gasteiger partial charge < -0.3 is 0 Å². The summed E-state index contributed by atoms with van der Waals surface area (Å²) in [5, 5.41) is 0. The zero-order chi connectivity index (χ0) is 13.2. The zero-order valence-corrected chi connectivity index (χ0v) is 11.2. The Balaban J connectivity index is 2.18. The van der Waals surface area contributed by atoms with Crippen molar-refractivity contribution < 1.29 is 8.42 Å². The third-order valence-corrected chi connectivity index (χ3v) is 3.83. The average Bonchev–Trinajstić information content (AvgIpc) is 2.32. The molecule has 1 heterocycles. The molecule has 18 heavy (non-hydrogen) atoms. The Hall–Kier alpha value is -1.68. The third kappa shape index (κ3) is 3.17. The van der Waals surface area contributed by atoms with E-state index in [0.717, 1.165) is 5.69 Å². The molecule has 2 aromatic rings. The van der Waals surface area contributed by atoms with Gasteiger partial charge in [0.15, 0.2) is 9.84 Å². The first-order valence-corrected chi connectivity index (χ1v) is 7.55. The van der Waals surface area contributed by atoms with Crippen LogP contribution in [0.5, 0.6) is 0 Å². The van der Waals surface area contributed by atoms with Crippen molar-refractivity contribution in [1.29, 1.82) is 0 Å². The Morgan fingerprint density at radius 2 is 1.72 bits per heavy atom. The predicted octanol–water partition coefficient (Wildman–Crippen LogP) is 2.38. The number of hydrogen-bond donors (Lipinski definition) is 0. The molecule has 1 aromatic carbocycles. The van der Waals surface area contributed by atoms with Gasteiger partial charge in [0.1, 0.15) is 0 Å². The molecule has 0 atom stereocenters. The lowest BCUT2D eigenvalue weighted by Crippen LogP contribution is -1.99. The maximum atomic E-state index is 11.3. The normalized spacial score (nSPS) is 11.4. The lowest BCUT2D eigenvalue weighted by atomic mass is 10.1. The van der Waals surface area contributed by atoms with Gasteiger partial charge in [0.25, 0.3) is 0 Å². The molecule has 0 saturated heterocycles. The molecule has 0 aliphatic rings. The largest absolute Gasteiger partial charge is 0.260 e. The Kier molecular flexibility index (Phi) is 3.48. The van der Waals surface area contributed by atoms with Crippen LogP contribution in [-0.4, -0.2) is 19.7 Å². The van der Waals surface area contributed by atoms with Crippen LogP contribution in [-0.2, 0) is 16.3 Å². The highest BCUT2D eigenvalue weighted by atomic mass is 32.2. The molecule has 94 valence electrons. The minimum atomic E-state index is -3.16. The zero-order valence-electron chi connectivity index (χ0n) is 10.4. The highest BCUT2D eigenvalue weighted by molar-refractivity contribution is 7.90.